The van der Waals surface area contributed by atoms with Crippen molar-refractivity contribution in [1.29, 1.82) is 0 Å². The van der Waals surface area contributed by atoms with Crippen LogP contribution in [0.1, 0.15) is 18.4 Å². The number of benzene rings is 2. The topological polar surface area (TPSA) is 87.7 Å². The maximum absolute atomic E-state index is 12.3. The Morgan fingerprint density at radius 1 is 1.04 bits per heavy atom. The van der Waals surface area contributed by atoms with Crippen molar-refractivity contribution in [2.24, 2.45) is 0 Å². The van der Waals surface area contributed by atoms with E-state index >= 15 is 0 Å². The fraction of sp³-hybridized carbons (Fsp3) is 0.250. The molecule has 0 bridgehead atoms. The number of hydrogen-bond acceptors (Lipinski definition) is 4. The zero-order valence-corrected chi connectivity index (χ0v) is 15.0. The highest BCUT2D eigenvalue weighted by molar-refractivity contribution is 6.04. The van der Waals surface area contributed by atoms with Crippen LogP contribution in [0.15, 0.2) is 54.6 Å². The van der Waals surface area contributed by atoms with Crippen LogP contribution in [0.4, 0.5) is 4.79 Å². The molecule has 7 heteroatoms. The predicted octanol–water partition coefficient (Wildman–Crippen LogP) is 2.43. The lowest BCUT2D eigenvalue weighted by atomic mass is 10.1. The summed E-state index contributed by atoms with van der Waals surface area (Å²) in [5.41, 5.74) is 0.971. The van der Waals surface area contributed by atoms with Crippen molar-refractivity contribution in [2.75, 3.05) is 7.05 Å². The normalized spacial score (nSPS) is 15.8. The van der Waals surface area contributed by atoms with E-state index in [2.05, 4.69) is 10.6 Å². The number of carbonyl (C=O) groups is 3. The van der Waals surface area contributed by atoms with Crippen molar-refractivity contribution < 1.29 is 19.1 Å². The maximum Gasteiger partial charge on any atom is 0.322 e. The lowest BCUT2D eigenvalue weighted by Crippen LogP contribution is -2.32. The molecule has 0 spiro atoms. The molecule has 3 rings (SSSR count). The SMILES string of the molecule is CN(Cc1ccc(Oc2ccccc2)cc1)C(=O)CC[C@@H]1NC(=O)NC1=O. The molecule has 1 aliphatic heterocycles. The van der Waals surface area contributed by atoms with Crippen molar-refractivity contribution in [1.82, 2.24) is 15.5 Å². The van der Waals surface area contributed by atoms with Crippen LogP contribution < -0.4 is 15.4 Å². The number of rotatable bonds is 7. The van der Waals surface area contributed by atoms with Crippen LogP contribution in [0.2, 0.25) is 0 Å². The Hall–Kier alpha value is -3.35. The first-order valence-corrected chi connectivity index (χ1v) is 8.68. The molecule has 140 valence electrons. The van der Waals surface area contributed by atoms with E-state index in [0.29, 0.717) is 6.54 Å². The average molecular weight is 367 g/mol. The van der Waals surface area contributed by atoms with Crippen LogP contribution >= 0.6 is 0 Å². The summed E-state index contributed by atoms with van der Waals surface area (Å²) in [7, 11) is 1.71. The number of nitrogens with one attached hydrogen (secondary N) is 2. The van der Waals surface area contributed by atoms with E-state index in [0.717, 1.165) is 17.1 Å². The van der Waals surface area contributed by atoms with Gasteiger partial charge < -0.3 is 15.0 Å². The lowest BCUT2D eigenvalue weighted by Gasteiger charge is -2.18. The second kappa shape index (κ2) is 8.35. The number of amides is 4. The standard InChI is InChI=1S/C20H21N3O4/c1-23(18(24)12-11-17-19(25)22-20(26)21-17)13-14-7-9-16(10-8-14)27-15-5-3-2-4-6-15/h2-10,17H,11-13H2,1H3,(H2,21,22,25,26)/t17-/m0/s1. The molecule has 2 aromatic rings. The molecule has 4 amide bonds. The summed E-state index contributed by atoms with van der Waals surface area (Å²) in [6.45, 7) is 0.452. The summed E-state index contributed by atoms with van der Waals surface area (Å²) >= 11 is 0. The monoisotopic (exact) mass is 367 g/mol. The highest BCUT2D eigenvalue weighted by Gasteiger charge is 2.29. The van der Waals surface area contributed by atoms with Gasteiger partial charge in [-0.2, -0.15) is 0 Å². The zero-order valence-electron chi connectivity index (χ0n) is 15.0. The Morgan fingerprint density at radius 2 is 1.70 bits per heavy atom. The Bertz CT molecular complexity index is 821. The third kappa shape index (κ3) is 5.07. The van der Waals surface area contributed by atoms with Gasteiger partial charge in [0.05, 0.1) is 0 Å². The number of urea groups is 1. The smallest absolute Gasteiger partial charge is 0.322 e. The molecule has 2 aromatic carbocycles. The molecule has 2 N–H and O–H groups in total. The molecule has 1 saturated heterocycles. The summed E-state index contributed by atoms with van der Waals surface area (Å²) in [5.74, 6) is 1.01. The molecular formula is C20H21N3O4. The van der Waals surface area contributed by atoms with Gasteiger partial charge in [0.1, 0.15) is 17.5 Å². The molecule has 0 radical (unpaired) electrons. The van der Waals surface area contributed by atoms with Gasteiger partial charge >= 0.3 is 6.03 Å². The Labute approximate surface area is 157 Å². The van der Waals surface area contributed by atoms with Gasteiger partial charge in [-0.3, -0.25) is 14.9 Å². The quantitative estimate of drug-likeness (QED) is 0.736. The molecule has 27 heavy (non-hydrogen) atoms. The van der Waals surface area contributed by atoms with Gasteiger partial charge in [-0.05, 0) is 36.2 Å². The van der Waals surface area contributed by atoms with Crippen LogP contribution in [0, 0.1) is 0 Å². The predicted molar refractivity (Wildman–Crippen MR) is 99.1 cm³/mol. The number of imide groups is 1. The number of ether oxygens (including phenoxy) is 1. The van der Waals surface area contributed by atoms with Crippen LogP contribution in [0.5, 0.6) is 11.5 Å². The van der Waals surface area contributed by atoms with Gasteiger partial charge in [0.25, 0.3) is 5.91 Å². The fourth-order valence-corrected chi connectivity index (χ4v) is 2.77. The maximum atomic E-state index is 12.3. The summed E-state index contributed by atoms with van der Waals surface area (Å²) in [6, 6.07) is 15.9. The van der Waals surface area contributed by atoms with Crippen LogP contribution in [-0.2, 0) is 16.1 Å². The molecular weight excluding hydrogens is 346 g/mol. The minimum absolute atomic E-state index is 0.0893. The highest BCUT2D eigenvalue weighted by Crippen LogP contribution is 2.21. The van der Waals surface area contributed by atoms with Gasteiger partial charge in [-0.1, -0.05) is 30.3 Å². The van der Waals surface area contributed by atoms with Gasteiger partial charge in [-0.15, -0.1) is 0 Å². The van der Waals surface area contributed by atoms with E-state index in [1.807, 2.05) is 54.6 Å². The molecule has 0 unspecified atom stereocenters. The van der Waals surface area contributed by atoms with E-state index in [4.69, 9.17) is 4.74 Å². The van der Waals surface area contributed by atoms with E-state index in [9.17, 15) is 14.4 Å². The Morgan fingerprint density at radius 3 is 2.33 bits per heavy atom. The van der Waals surface area contributed by atoms with Crippen LogP contribution in [-0.4, -0.2) is 35.8 Å². The van der Waals surface area contributed by atoms with E-state index < -0.39 is 12.1 Å². The van der Waals surface area contributed by atoms with E-state index in [1.165, 1.54) is 0 Å². The largest absolute Gasteiger partial charge is 0.457 e. The van der Waals surface area contributed by atoms with E-state index in [-0.39, 0.29) is 24.7 Å². The molecule has 0 aliphatic carbocycles. The number of hydrogen-bond donors (Lipinski definition) is 2. The molecule has 0 aromatic heterocycles. The Balaban J connectivity index is 1.48. The summed E-state index contributed by atoms with van der Waals surface area (Å²) < 4.78 is 5.75. The Kier molecular flexibility index (Phi) is 5.71. The van der Waals surface area contributed by atoms with Gasteiger partial charge in [0.2, 0.25) is 5.91 Å². The van der Waals surface area contributed by atoms with E-state index in [1.54, 1.807) is 11.9 Å². The average Bonchev–Trinajstić information content (AvgIpc) is 2.99. The number of carbonyl (C=O) groups excluding carboxylic acids is 3. The fourth-order valence-electron chi connectivity index (χ4n) is 2.77. The lowest BCUT2D eigenvalue weighted by molar-refractivity contribution is -0.130. The number of nitrogens with zero attached hydrogens (tertiary/aromatic N) is 1. The first-order chi connectivity index (χ1) is 13.0. The molecule has 0 saturated carbocycles. The number of para-hydroxylation sites is 1. The zero-order chi connectivity index (χ0) is 19.2. The summed E-state index contributed by atoms with van der Waals surface area (Å²) in [6.07, 6.45) is 0.467. The van der Waals surface area contributed by atoms with Crippen molar-refractivity contribution >= 4 is 17.8 Å². The van der Waals surface area contributed by atoms with Crippen molar-refractivity contribution in [3.63, 3.8) is 0 Å². The molecule has 1 aliphatic rings. The third-order valence-electron chi connectivity index (χ3n) is 4.25. The molecule has 1 heterocycles. The molecule has 7 nitrogen and oxygen atoms in total. The summed E-state index contributed by atoms with van der Waals surface area (Å²) in [5, 5.41) is 4.65. The van der Waals surface area contributed by atoms with Crippen molar-refractivity contribution in [3.05, 3.63) is 60.2 Å². The van der Waals surface area contributed by atoms with Gasteiger partial charge in [-0.25, -0.2) is 4.79 Å². The van der Waals surface area contributed by atoms with Gasteiger partial charge in [0.15, 0.2) is 0 Å². The minimum Gasteiger partial charge on any atom is -0.457 e. The highest BCUT2D eigenvalue weighted by atomic mass is 16.5. The molecule has 1 fully saturated rings. The van der Waals surface area contributed by atoms with Gasteiger partial charge in [0, 0.05) is 20.0 Å². The summed E-state index contributed by atoms with van der Waals surface area (Å²) in [4.78, 5) is 36.4. The first-order valence-electron chi connectivity index (χ1n) is 8.68. The minimum atomic E-state index is -0.635. The second-order valence-corrected chi connectivity index (χ2v) is 6.36. The third-order valence-corrected chi connectivity index (χ3v) is 4.25. The van der Waals surface area contributed by atoms with Crippen molar-refractivity contribution in [3.8, 4) is 11.5 Å². The molecule has 1 atom stereocenters. The second-order valence-electron chi connectivity index (χ2n) is 6.36. The van der Waals surface area contributed by atoms with Crippen LogP contribution in [0.3, 0.4) is 0 Å². The van der Waals surface area contributed by atoms with Crippen molar-refractivity contribution in [2.45, 2.75) is 25.4 Å². The first kappa shape index (κ1) is 18.4. The van der Waals surface area contributed by atoms with Crippen LogP contribution in [0.25, 0.3) is 0 Å².